The monoisotopic (exact) mass is 427 g/mol. The Labute approximate surface area is 189 Å². The van der Waals surface area contributed by atoms with Crippen LogP contribution in [0.4, 0.5) is 5.69 Å². The van der Waals surface area contributed by atoms with E-state index in [1.54, 1.807) is 24.1 Å². The molecule has 0 radical (unpaired) electrons. The van der Waals surface area contributed by atoms with Crippen LogP contribution in [0, 0.1) is 0 Å². The van der Waals surface area contributed by atoms with E-state index >= 15 is 0 Å². The van der Waals surface area contributed by atoms with Gasteiger partial charge in [0.05, 0.1) is 0 Å². The van der Waals surface area contributed by atoms with Crippen LogP contribution in [-0.4, -0.2) is 36.9 Å². The fourth-order valence-corrected chi connectivity index (χ4v) is 4.20. The summed E-state index contributed by atoms with van der Waals surface area (Å²) in [6, 6.07) is 25.9. The molecule has 1 atom stereocenters. The van der Waals surface area contributed by atoms with Crippen molar-refractivity contribution in [2.24, 2.45) is 0 Å². The molecule has 3 aromatic rings. The summed E-state index contributed by atoms with van der Waals surface area (Å²) in [4.78, 5) is 30.5. The van der Waals surface area contributed by atoms with Crippen LogP contribution in [0.5, 0.6) is 0 Å². The first-order chi connectivity index (χ1) is 15.6. The maximum absolute atomic E-state index is 13.5. The molecule has 1 heterocycles. The average molecular weight is 428 g/mol. The van der Waals surface area contributed by atoms with Gasteiger partial charge in [0.1, 0.15) is 6.04 Å². The summed E-state index contributed by atoms with van der Waals surface area (Å²) in [5.41, 5.74) is 3.60. The summed E-state index contributed by atoms with van der Waals surface area (Å²) in [6.45, 7) is 2.58. The standard InChI is InChI=1S/C27H29N3O2/c1-29(20-23-16-8-9-17-24(23)30-18-10-11-19-30)27(32)25(21-12-4-2-5-13-21)28-26(31)22-14-6-3-7-15-22/h2-9,12-17,25H,10-11,18-20H2,1H3,(H,28,31). The Morgan fingerprint density at radius 3 is 2.16 bits per heavy atom. The predicted molar refractivity (Wildman–Crippen MR) is 127 cm³/mol. The van der Waals surface area contributed by atoms with Gasteiger partial charge in [-0.25, -0.2) is 0 Å². The van der Waals surface area contributed by atoms with E-state index in [4.69, 9.17) is 0 Å². The van der Waals surface area contributed by atoms with E-state index in [2.05, 4.69) is 22.3 Å². The van der Waals surface area contributed by atoms with Crippen molar-refractivity contribution in [2.75, 3.05) is 25.0 Å². The maximum atomic E-state index is 13.5. The molecule has 0 bridgehead atoms. The molecule has 32 heavy (non-hydrogen) atoms. The third kappa shape index (κ3) is 4.99. The summed E-state index contributed by atoms with van der Waals surface area (Å²) in [5.74, 6) is -0.407. The highest BCUT2D eigenvalue weighted by molar-refractivity contribution is 5.97. The van der Waals surface area contributed by atoms with Crippen molar-refractivity contribution >= 4 is 17.5 Å². The van der Waals surface area contributed by atoms with Gasteiger partial charge < -0.3 is 15.1 Å². The van der Waals surface area contributed by atoms with Crippen LogP contribution in [0.1, 0.15) is 40.4 Å². The van der Waals surface area contributed by atoms with E-state index in [1.807, 2.05) is 60.7 Å². The third-order valence-electron chi connectivity index (χ3n) is 5.91. The molecule has 1 fully saturated rings. The second-order valence-corrected chi connectivity index (χ2v) is 8.20. The van der Waals surface area contributed by atoms with Crippen molar-refractivity contribution in [2.45, 2.75) is 25.4 Å². The second-order valence-electron chi connectivity index (χ2n) is 8.20. The molecule has 1 saturated heterocycles. The highest BCUT2D eigenvalue weighted by Crippen LogP contribution is 2.26. The second kappa shape index (κ2) is 10.1. The number of rotatable bonds is 7. The summed E-state index contributed by atoms with van der Waals surface area (Å²) in [7, 11) is 1.80. The highest BCUT2D eigenvalue weighted by atomic mass is 16.2. The predicted octanol–water partition coefficient (Wildman–Crippen LogP) is 4.42. The van der Waals surface area contributed by atoms with Gasteiger partial charge in [-0.3, -0.25) is 9.59 Å². The number of hydrogen-bond donors (Lipinski definition) is 1. The molecular weight excluding hydrogens is 398 g/mol. The van der Waals surface area contributed by atoms with Crippen LogP contribution < -0.4 is 10.2 Å². The number of anilines is 1. The molecular formula is C27H29N3O2. The third-order valence-corrected chi connectivity index (χ3v) is 5.91. The summed E-state index contributed by atoms with van der Waals surface area (Å²) in [5, 5.41) is 2.95. The number of para-hydroxylation sites is 1. The number of hydrogen-bond acceptors (Lipinski definition) is 3. The highest BCUT2D eigenvalue weighted by Gasteiger charge is 2.27. The van der Waals surface area contributed by atoms with Gasteiger partial charge in [-0.05, 0) is 42.2 Å². The summed E-state index contributed by atoms with van der Waals surface area (Å²) >= 11 is 0. The number of carbonyl (C=O) groups excluding carboxylic acids is 2. The Morgan fingerprint density at radius 1 is 0.875 bits per heavy atom. The van der Waals surface area contributed by atoms with E-state index in [1.165, 1.54) is 18.5 Å². The minimum absolute atomic E-state index is 0.142. The van der Waals surface area contributed by atoms with Crippen molar-refractivity contribution in [3.05, 3.63) is 102 Å². The Bertz CT molecular complexity index is 1050. The Hall–Kier alpha value is -3.60. The topological polar surface area (TPSA) is 52.6 Å². The molecule has 0 spiro atoms. The first-order valence-electron chi connectivity index (χ1n) is 11.1. The average Bonchev–Trinajstić information content (AvgIpc) is 3.38. The minimum Gasteiger partial charge on any atom is -0.371 e. The lowest BCUT2D eigenvalue weighted by Crippen LogP contribution is -2.41. The molecule has 0 aromatic heterocycles. The number of carbonyl (C=O) groups is 2. The van der Waals surface area contributed by atoms with Gasteiger partial charge in [-0.1, -0.05) is 66.7 Å². The Balaban J connectivity index is 1.55. The van der Waals surface area contributed by atoms with Crippen LogP contribution in [-0.2, 0) is 11.3 Å². The van der Waals surface area contributed by atoms with Crippen molar-refractivity contribution in [3.63, 3.8) is 0 Å². The zero-order valence-corrected chi connectivity index (χ0v) is 18.4. The molecule has 5 heteroatoms. The maximum Gasteiger partial charge on any atom is 0.252 e. The van der Waals surface area contributed by atoms with E-state index in [0.717, 1.165) is 24.2 Å². The van der Waals surface area contributed by atoms with Crippen LogP contribution in [0.2, 0.25) is 0 Å². The molecule has 2 amide bonds. The summed E-state index contributed by atoms with van der Waals surface area (Å²) in [6.07, 6.45) is 2.40. The van der Waals surface area contributed by atoms with Crippen molar-refractivity contribution in [1.82, 2.24) is 10.2 Å². The molecule has 0 saturated carbocycles. The number of nitrogens with zero attached hydrogens (tertiary/aromatic N) is 2. The zero-order valence-electron chi connectivity index (χ0n) is 18.4. The van der Waals surface area contributed by atoms with Gasteiger partial charge in [0.25, 0.3) is 5.91 Å². The van der Waals surface area contributed by atoms with Crippen molar-refractivity contribution < 1.29 is 9.59 Å². The largest absolute Gasteiger partial charge is 0.371 e. The Kier molecular flexibility index (Phi) is 6.85. The van der Waals surface area contributed by atoms with Gasteiger partial charge in [-0.2, -0.15) is 0 Å². The first-order valence-corrected chi connectivity index (χ1v) is 11.1. The molecule has 1 N–H and O–H groups in total. The van der Waals surface area contributed by atoms with Gasteiger partial charge in [0, 0.05) is 37.9 Å². The molecule has 164 valence electrons. The van der Waals surface area contributed by atoms with Gasteiger partial charge in [0.15, 0.2) is 0 Å². The van der Waals surface area contributed by atoms with E-state index in [0.29, 0.717) is 12.1 Å². The molecule has 4 rings (SSSR count). The molecule has 1 aliphatic rings. The van der Waals surface area contributed by atoms with Gasteiger partial charge >= 0.3 is 0 Å². The summed E-state index contributed by atoms with van der Waals surface area (Å²) < 4.78 is 0. The zero-order chi connectivity index (χ0) is 22.3. The van der Waals surface area contributed by atoms with Crippen LogP contribution >= 0.6 is 0 Å². The number of likely N-dealkylation sites (N-methyl/N-ethyl adjacent to an activating group) is 1. The molecule has 0 aliphatic carbocycles. The first kappa shape index (κ1) is 21.6. The Morgan fingerprint density at radius 2 is 1.47 bits per heavy atom. The minimum atomic E-state index is -0.757. The fourth-order valence-electron chi connectivity index (χ4n) is 4.20. The normalized spacial score (nSPS) is 14.1. The molecule has 1 unspecified atom stereocenters. The fraction of sp³-hybridized carbons (Fsp3) is 0.259. The number of amides is 2. The van der Waals surface area contributed by atoms with E-state index in [9.17, 15) is 9.59 Å². The van der Waals surface area contributed by atoms with Crippen LogP contribution in [0.3, 0.4) is 0 Å². The lowest BCUT2D eigenvalue weighted by molar-refractivity contribution is -0.132. The quantitative estimate of drug-likeness (QED) is 0.607. The van der Waals surface area contributed by atoms with Crippen molar-refractivity contribution in [1.29, 1.82) is 0 Å². The number of benzene rings is 3. The smallest absolute Gasteiger partial charge is 0.252 e. The van der Waals surface area contributed by atoms with Crippen molar-refractivity contribution in [3.8, 4) is 0 Å². The molecule has 1 aliphatic heterocycles. The lowest BCUT2D eigenvalue weighted by atomic mass is 10.0. The van der Waals surface area contributed by atoms with Crippen LogP contribution in [0.15, 0.2) is 84.9 Å². The SMILES string of the molecule is CN(Cc1ccccc1N1CCCC1)C(=O)C(NC(=O)c1ccccc1)c1ccccc1. The molecule has 5 nitrogen and oxygen atoms in total. The van der Waals surface area contributed by atoms with E-state index < -0.39 is 6.04 Å². The van der Waals surface area contributed by atoms with Crippen LogP contribution in [0.25, 0.3) is 0 Å². The van der Waals surface area contributed by atoms with E-state index in [-0.39, 0.29) is 11.8 Å². The lowest BCUT2D eigenvalue weighted by Gasteiger charge is -2.27. The molecule has 3 aromatic carbocycles. The number of nitrogens with one attached hydrogen (secondary N) is 1. The van der Waals surface area contributed by atoms with Gasteiger partial charge in [-0.15, -0.1) is 0 Å². The van der Waals surface area contributed by atoms with Gasteiger partial charge in [0.2, 0.25) is 5.91 Å².